The summed E-state index contributed by atoms with van der Waals surface area (Å²) in [5, 5.41) is 2.86. The predicted molar refractivity (Wildman–Crippen MR) is 136 cm³/mol. The number of rotatable bonds is 4. The second kappa shape index (κ2) is 10.6. The summed E-state index contributed by atoms with van der Waals surface area (Å²) in [4.78, 5) is 31.7. The summed E-state index contributed by atoms with van der Waals surface area (Å²) < 4.78 is 85.8. The zero-order valence-corrected chi connectivity index (χ0v) is 21.6. The molecule has 1 saturated heterocycles. The van der Waals surface area contributed by atoms with Crippen molar-refractivity contribution >= 4 is 28.4 Å². The highest BCUT2D eigenvalue weighted by Crippen LogP contribution is 2.37. The van der Waals surface area contributed by atoms with E-state index in [0.717, 1.165) is 30.5 Å². The Labute approximate surface area is 229 Å². The fraction of sp³-hybridized carbons (Fsp3) is 0.296. The Hall–Kier alpha value is -4.33. The SMILES string of the molecule is C[C@@H]1CN(C(=O)c2nc(Nc3ccc(C(F)(F)F)cc3)c3ncc(-c4ncccc4C(F)(F)F)cc3n2)C[C@H](C)O1. The molecule has 0 radical (unpaired) electrons. The number of carbonyl (C=O) groups excluding carboxylic acids is 1. The van der Waals surface area contributed by atoms with Gasteiger partial charge < -0.3 is 15.0 Å². The summed E-state index contributed by atoms with van der Waals surface area (Å²) in [5.74, 6) is -0.844. The first kappa shape index (κ1) is 28.2. The van der Waals surface area contributed by atoms with Crippen LogP contribution >= 0.6 is 0 Å². The standard InChI is InChI=1S/C27H22F6N6O2/c1-14-12-39(13-15(2)41-14)25(40)24-37-20-10-16(21-19(27(31,32)33)4-3-9-34-21)11-35-22(20)23(38-24)36-18-7-5-17(6-8-18)26(28,29)30/h3-11,14-15H,12-13H2,1-2H3,(H,36,37,38)/t14-,15+. The highest BCUT2D eigenvalue weighted by Gasteiger charge is 2.35. The van der Waals surface area contributed by atoms with E-state index in [2.05, 4.69) is 25.3 Å². The Bertz CT molecular complexity index is 1580. The van der Waals surface area contributed by atoms with Crippen molar-refractivity contribution in [3.63, 3.8) is 0 Å². The maximum absolute atomic E-state index is 13.7. The van der Waals surface area contributed by atoms with E-state index in [1.165, 1.54) is 29.3 Å². The number of hydrogen-bond donors (Lipinski definition) is 1. The molecule has 3 aromatic heterocycles. The summed E-state index contributed by atoms with van der Waals surface area (Å²) in [5.41, 5.74) is -1.90. The molecule has 4 heterocycles. The molecule has 1 amide bonds. The van der Waals surface area contributed by atoms with E-state index in [4.69, 9.17) is 4.74 Å². The van der Waals surface area contributed by atoms with Gasteiger partial charge in [0.25, 0.3) is 5.91 Å². The van der Waals surface area contributed by atoms with Gasteiger partial charge in [-0.3, -0.25) is 9.78 Å². The molecule has 1 N–H and O–H groups in total. The fourth-order valence-corrected chi connectivity index (χ4v) is 4.56. The van der Waals surface area contributed by atoms with Gasteiger partial charge in [-0.2, -0.15) is 26.3 Å². The third-order valence-corrected chi connectivity index (χ3v) is 6.30. The first-order valence-corrected chi connectivity index (χ1v) is 12.4. The summed E-state index contributed by atoms with van der Waals surface area (Å²) in [6.45, 7) is 4.12. The molecular weight excluding hydrogens is 554 g/mol. The average molecular weight is 577 g/mol. The zero-order valence-electron chi connectivity index (χ0n) is 21.6. The van der Waals surface area contributed by atoms with E-state index >= 15 is 0 Å². The van der Waals surface area contributed by atoms with Crippen LogP contribution in [0.15, 0.2) is 54.9 Å². The van der Waals surface area contributed by atoms with E-state index in [0.29, 0.717) is 0 Å². The van der Waals surface area contributed by atoms with Gasteiger partial charge in [0.15, 0.2) is 5.82 Å². The summed E-state index contributed by atoms with van der Waals surface area (Å²) in [6.07, 6.45) is -7.37. The van der Waals surface area contributed by atoms with Crippen molar-refractivity contribution < 1.29 is 35.9 Å². The Balaban J connectivity index is 1.61. The number of pyridine rings is 2. The minimum absolute atomic E-state index is 0.00313. The molecule has 8 nitrogen and oxygen atoms in total. The molecule has 0 saturated carbocycles. The van der Waals surface area contributed by atoms with Gasteiger partial charge in [0.1, 0.15) is 5.52 Å². The van der Waals surface area contributed by atoms with E-state index in [9.17, 15) is 31.1 Å². The van der Waals surface area contributed by atoms with E-state index in [-0.39, 0.29) is 64.9 Å². The number of hydrogen-bond acceptors (Lipinski definition) is 7. The largest absolute Gasteiger partial charge is 0.418 e. The van der Waals surface area contributed by atoms with Crippen molar-refractivity contribution in [3.8, 4) is 11.3 Å². The van der Waals surface area contributed by atoms with Gasteiger partial charge in [-0.05, 0) is 56.3 Å². The first-order valence-electron chi connectivity index (χ1n) is 12.4. The third kappa shape index (κ3) is 6.06. The van der Waals surface area contributed by atoms with Crippen LogP contribution in [0.2, 0.25) is 0 Å². The minimum Gasteiger partial charge on any atom is -0.372 e. The van der Waals surface area contributed by atoms with Crippen molar-refractivity contribution in [3.05, 3.63) is 71.8 Å². The van der Waals surface area contributed by atoms with Crippen molar-refractivity contribution in [2.75, 3.05) is 18.4 Å². The van der Waals surface area contributed by atoms with E-state index in [1.54, 1.807) is 13.8 Å². The molecule has 1 aliphatic rings. The molecule has 14 heteroatoms. The van der Waals surface area contributed by atoms with Gasteiger partial charge in [-0.1, -0.05) is 0 Å². The van der Waals surface area contributed by atoms with Gasteiger partial charge in [0.2, 0.25) is 5.82 Å². The molecule has 0 unspecified atom stereocenters. The molecule has 5 rings (SSSR count). The molecular formula is C27H22F6N6O2. The maximum atomic E-state index is 13.7. The molecule has 1 aromatic carbocycles. The number of carbonyl (C=O) groups is 1. The molecule has 0 bridgehead atoms. The Kier molecular flexibility index (Phi) is 7.28. The number of ether oxygens (including phenoxy) is 1. The number of alkyl halides is 6. The molecule has 1 fully saturated rings. The molecule has 4 aromatic rings. The number of halogens is 6. The van der Waals surface area contributed by atoms with Crippen molar-refractivity contribution in [1.82, 2.24) is 24.8 Å². The lowest BCUT2D eigenvalue weighted by atomic mass is 10.1. The Morgan fingerprint density at radius 3 is 2.27 bits per heavy atom. The number of amides is 1. The van der Waals surface area contributed by atoms with Crippen LogP contribution in [0.25, 0.3) is 22.3 Å². The summed E-state index contributed by atoms with van der Waals surface area (Å²) >= 11 is 0. The molecule has 41 heavy (non-hydrogen) atoms. The van der Waals surface area contributed by atoms with Crippen LogP contribution in [0.5, 0.6) is 0 Å². The molecule has 1 aliphatic heterocycles. The minimum atomic E-state index is -4.69. The molecule has 214 valence electrons. The highest BCUT2D eigenvalue weighted by molar-refractivity contribution is 5.96. The number of aromatic nitrogens is 4. The highest BCUT2D eigenvalue weighted by atomic mass is 19.4. The summed E-state index contributed by atoms with van der Waals surface area (Å²) in [7, 11) is 0. The number of nitrogens with zero attached hydrogens (tertiary/aromatic N) is 5. The molecule has 2 atom stereocenters. The predicted octanol–water partition coefficient (Wildman–Crippen LogP) is 6.12. The van der Waals surface area contributed by atoms with E-state index in [1.807, 2.05) is 0 Å². The zero-order chi connectivity index (χ0) is 29.5. The van der Waals surface area contributed by atoms with Gasteiger partial charge in [0, 0.05) is 36.7 Å². The number of fused-ring (bicyclic) bond motifs is 1. The third-order valence-electron chi connectivity index (χ3n) is 6.30. The van der Waals surface area contributed by atoms with Crippen LogP contribution < -0.4 is 5.32 Å². The van der Waals surface area contributed by atoms with Crippen LogP contribution in [0, 0.1) is 0 Å². The monoisotopic (exact) mass is 576 g/mol. The number of anilines is 2. The Morgan fingerprint density at radius 1 is 0.951 bits per heavy atom. The van der Waals surface area contributed by atoms with E-state index < -0.39 is 29.4 Å². The molecule has 0 spiro atoms. The van der Waals surface area contributed by atoms with Crippen LogP contribution in [0.4, 0.5) is 37.8 Å². The van der Waals surface area contributed by atoms with Gasteiger partial charge in [-0.25, -0.2) is 15.0 Å². The van der Waals surface area contributed by atoms with Crippen molar-refractivity contribution in [1.29, 1.82) is 0 Å². The number of nitrogens with one attached hydrogen (secondary N) is 1. The number of morpholine rings is 1. The van der Waals surface area contributed by atoms with Gasteiger partial charge in [-0.15, -0.1) is 0 Å². The molecule has 0 aliphatic carbocycles. The van der Waals surface area contributed by atoms with Gasteiger partial charge in [0.05, 0.1) is 34.5 Å². The first-order chi connectivity index (χ1) is 19.3. The van der Waals surface area contributed by atoms with Crippen LogP contribution in [-0.2, 0) is 17.1 Å². The quantitative estimate of drug-likeness (QED) is 0.293. The van der Waals surface area contributed by atoms with Gasteiger partial charge >= 0.3 is 12.4 Å². The normalized spacial score (nSPS) is 18.0. The van der Waals surface area contributed by atoms with Crippen molar-refractivity contribution in [2.45, 2.75) is 38.4 Å². The maximum Gasteiger partial charge on any atom is 0.418 e. The van der Waals surface area contributed by atoms with Crippen molar-refractivity contribution in [2.24, 2.45) is 0 Å². The summed E-state index contributed by atoms with van der Waals surface area (Å²) in [6, 6.07) is 7.47. The lowest BCUT2D eigenvalue weighted by molar-refractivity contribution is -0.138. The van der Waals surface area contributed by atoms with Crippen LogP contribution in [0.1, 0.15) is 35.6 Å². The smallest absolute Gasteiger partial charge is 0.372 e. The lowest BCUT2D eigenvalue weighted by Crippen LogP contribution is -2.48. The Morgan fingerprint density at radius 2 is 1.63 bits per heavy atom. The average Bonchev–Trinajstić information content (AvgIpc) is 2.91. The second-order valence-electron chi connectivity index (χ2n) is 9.55. The van der Waals surface area contributed by atoms with Crippen LogP contribution in [0.3, 0.4) is 0 Å². The lowest BCUT2D eigenvalue weighted by Gasteiger charge is -2.34. The second-order valence-corrected chi connectivity index (χ2v) is 9.55. The fourth-order valence-electron chi connectivity index (χ4n) is 4.56. The van der Waals surface area contributed by atoms with Crippen LogP contribution in [-0.4, -0.2) is 56.0 Å². The number of benzene rings is 1. The topological polar surface area (TPSA) is 93.1 Å².